The van der Waals surface area contributed by atoms with Crippen LogP contribution in [0.2, 0.25) is 0 Å². The summed E-state index contributed by atoms with van der Waals surface area (Å²) in [6.07, 6.45) is 0. The summed E-state index contributed by atoms with van der Waals surface area (Å²) in [7, 11) is -3.80. The van der Waals surface area contributed by atoms with E-state index in [2.05, 4.69) is 10.0 Å². The summed E-state index contributed by atoms with van der Waals surface area (Å²) < 4.78 is 26.5. The van der Waals surface area contributed by atoms with Crippen LogP contribution in [0.4, 0.5) is 0 Å². The van der Waals surface area contributed by atoms with Crippen LogP contribution in [0.25, 0.3) is 0 Å². The monoisotopic (exact) mass is 346 g/mol. The lowest BCUT2D eigenvalue weighted by molar-refractivity contribution is -0.120. The molecule has 0 saturated heterocycles. The van der Waals surface area contributed by atoms with Crippen LogP contribution in [-0.4, -0.2) is 26.7 Å². The van der Waals surface area contributed by atoms with Crippen LogP contribution in [-0.2, 0) is 21.4 Å². The lowest BCUT2D eigenvalue weighted by atomic mass is 10.2. The summed E-state index contributed by atoms with van der Waals surface area (Å²) in [5.74, 6) is -0.574. The van der Waals surface area contributed by atoms with Gasteiger partial charge in [-0.1, -0.05) is 42.5 Å². The third-order valence-electron chi connectivity index (χ3n) is 3.33. The topological polar surface area (TPSA) is 92.3 Å². The zero-order valence-electron chi connectivity index (χ0n) is 13.2. The van der Waals surface area contributed by atoms with Crippen molar-refractivity contribution >= 4 is 21.7 Å². The highest BCUT2D eigenvalue weighted by molar-refractivity contribution is 7.89. The molecule has 2 aromatic rings. The molecule has 2 aromatic carbocycles. The minimum Gasteiger partial charge on any atom is -0.351 e. The maximum Gasteiger partial charge on any atom is 0.241 e. The van der Waals surface area contributed by atoms with Crippen LogP contribution < -0.4 is 10.0 Å². The first-order valence-corrected chi connectivity index (χ1v) is 8.78. The Morgan fingerprint density at radius 3 is 2.17 bits per heavy atom. The SMILES string of the molecule is CC(=O)c1ccc(S(=O)(=O)NCC(=O)NCc2ccccc2)cc1. The number of carbonyl (C=O) groups is 2. The van der Waals surface area contributed by atoms with E-state index in [1.54, 1.807) is 0 Å². The lowest BCUT2D eigenvalue weighted by Crippen LogP contribution is -2.36. The molecule has 0 fully saturated rings. The van der Waals surface area contributed by atoms with Gasteiger partial charge in [0.25, 0.3) is 0 Å². The van der Waals surface area contributed by atoms with Crippen LogP contribution in [0.5, 0.6) is 0 Å². The van der Waals surface area contributed by atoms with Crippen molar-refractivity contribution in [3.63, 3.8) is 0 Å². The molecule has 7 heteroatoms. The number of benzene rings is 2. The maximum absolute atomic E-state index is 12.1. The van der Waals surface area contributed by atoms with Gasteiger partial charge in [-0.05, 0) is 24.6 Å². The van der Waals surface area contributed by atoms with Gasteiger partial charge in [-0.15, -0.1) is 0 Å². The minimum atomic E-state index is -3.80. The normalized spacial score (nSPS) is 11.0. The number of rotatable bonds is 7. The zero-order valence-corrected chi connectivity index (χ0v) is 14.0. The third-order valence-corrected chi connectivity index (χ3v) is 4.74. The summed E-state index contributed by atoms with van der Waals surface area (Å²) in [5.41, 5.74) is 1.35. The average Bonchev–Trinajstić information content (AvgIpc) is 2.59. The standard InChI is InChI=1S/C17H18N2O4S/c1-13(20)15-7-9-16(10-8-15)24(22,23)19-12-17(21)18-11-14-5-3-2-4-6-14/h2-10,19H,11-12H2,1H3,(H,18,21). The molecule has 126 valence electrons. The predicted molar refractivity (Wildman–Crippen MR) is 89.9 cm³/mol. The number of hydrogen-bond acceptors (Lipinski definition) is 4. The van der Waals surface area contributed by atoms with Crippen molar-refractivity contribution in [3.05, 3.63) is 65.7 Å². The van der Waals surface area contributed by atoms with Crippen molar-refractivity contribution in [2.75, 3.05) is 6.54 Å². The summed E-state index contributed by atoms with van der Waals surface area (Å²) >= 11 is 0. The molecular formula is C17H18N2O4S. The number of Topliss-reactive ketones (excluding diaryl/α,β-unsaturated/α-hetero) is 1. The Morgan fingerprint density at radius 2 is 1.58 bits per heavy atom. The number of hydrogen-bond donors (Lipinski definition) is 2. The minimum absolute atomic E-state index is 0.00311. The van der Waals surface area contributed by atoms with Crippen molar-refractivity contribution in [2.45, 2.75) is 18.4 Å². The third kappa shape index (κ3) is 5.00. The van der Waals surface area contributed by atoms with Gasteiger partial charge in [0, 0.05) is 12.1 Å². The zero-order chi connectivity index (χ0) is 17.6. The van der Waals surface area contributed by atoms with E-state index in [1.807, 2.05) is 30.3 Å². The molecule has 0 saturated carbocycles. The van der Waals surface area contributed by atoms with Gasteiger partial charge in [-0.3, -0.25) is 9.59 Å². The maximum atomic E-state index is 12.1. The lowest BCUT2D eigenvalue weighted by Gasteiger charge is -2.08. The van der Waals surface area contributed by atoms with E-state index in [4.69, 9.17) is 0 Å². The van der Waals surface area contributed by atoms with Crippen LogP contribution >= 0.6 is 0 Å². The molecule has 0 atom stereocenters. The van der Waals surface area contributed by atoms with Gasteiger partial charge in [0.05, 0.1) is 11.4 Å². The van der Waals surface area contributed by atoms with E-state index in [1.165, 1.54) is 31.2 Å². The van der Waals surface area contributed by atoms with E-state index in [0.29, 0.717) is 12.1 Å². The summed E-state index contributed by atoms with van der Waals surface area (Å²) in [6.45, 7) is 1.37. The number of sulfonamides is 1. The first kappa shape index (κ1) is 17.8. The van der Waals surface area contributed by atoms with E-state index >= 15 is 0 Å². The Morgan fingerprint density at radius 1 is 0.958 bits per heavy atom. The first-order valence-electron chi connectivity index (χ1n) is 7.30. The van der Waals surface area contributed by atoms with E-state index in [0.717, 1.165) is 5.56 Å². The molecule has 2 N–H and O–H groups in total. The summed E-state index contributed by atoms with van der Waals surface area (Å²) in [4.78, 5) is 23.0. The number of amides is 1. The Balaban J connectivity index is 1.89. The quantitative estimate of drug-likeness (QED) is 0.743. The molecule has 6 nitrogen and oxygen atoms in total. The predicted octanol–water partition coefficient (Wildman–Crippen LogP) is 1.48. The van der Waals surface area contributed by atoms with Crippen molar-refractivity contribution in [2.24, 2.45) is 0 Å². The highest BCUT2D eigenvalue weighted by Gasteiger charge is 2.15. The summed E-state index contributed by atoms with van der Waals surface area (Å²) in [5, 5.41) is 2.64. The molecule has 24 heavy (non-hydrogen) atoms. The molecule has 0 radical (unpaired) electrons. The van der Waals surface area contributed by atoms with Crippen molar-refractivity contribution < 1.29 is 18.0 Å². The number of ketones is 1. The second-order valence-electron chi connectivity index (χ2n) is 5.17. The molecule has 0 aromatic heterocycles. The molecule has 0 aliphatic carbocycles. The Kier molecular flexibility index (Phi) is 5.83. The van der Waals surface area contributed by atoms with Gasteiger partial charge >= 0.3 is 0 Å². The van der Waals surface area contributed by atoms with Crippen LogP contribution in [0.1, 0.15) is 22.8 Å². The molecular weight excluding hydrogens is 328 g/mol. The molecule has 1 amide bonds. The second kappa shape index (κ2) is 7.85. The van der Waals surface area contributed by atoms with E-state index in [-0.39, 0.29) is 17.2 Å². The van der Waals surface area contributed by atoms with Gasteiger partial charge in [-0.25, -0.2) is 13.1 Å². The molecule has 0 unspecified atom stereocenters. The molecule has 0 aliphatic heterocycles. The van der Waals surface area contributed by atoms with Gasteiger partial charge < -0.3 is 5.32 Å². The molecule has 0 spiro atoms. The van der Waals surface area contributed by atoms with E-state index < -0.39 is 15.9 Å². The van der Waals surface area contributed by atoms with Gasteiger partial charge in [0.2, 0.25) is 15.9 Å². The first-order chi connectivity index (χ1) is 11.4. The summed E-state index contributed by atoms with van der Waals surface area (Å²) in [6, 6.07) is 14.9. The number of nitrogens with one attached hydrogen (secondary N) is 2. The van der Waals surface area contributed by atoms with Crippen molar-refractivity contribution in [1.29, 1.82) is 0 Å². The van der Waals surface area contributed by atoms with Crippen LogP contribution in [0.15, 0.2) is 59.5 Å². The fourth-order valence-corrected chi connectivity index (χ4v) is 2.95. The smallest absolute Gasteiger partial charge is 0.241 e. The Labute approximate surface area is 140 Å². The highest BCUT2D eigenvalue weighted by atomic mass is 32.2. The largest absolute Gasteiger partial charge is 0.351 e. The van der Waals surface area contributed by atoms with Gasteiger partial charge in [-0.2, -0.15) is 0 Å². The van der Waals surface area contributed by atoms with Crippen LogP contribution in [0, 0.1) is 0 Å². The fraction of sp³-hybridized carbons (Fsp3) is 0.176. The fourth-order valence-electron chi connectivity index (χ4n) is 1.97. The molecule has 0 heterocycles. The molecule has 0 aliphatic rings. The highest BCUT2D eigenvalue weighted by Crippen LogP contribution is 2.10. The molecule has 0 bridgehead atoms. The molecule has 2 rings (SSSR count). The second-order valence-corrected chi connectivity index (χ2v) is 6.93. The van der Waals surface area contributed by atoms with Crippen LogP contribution in [0.3, 0.4) is 0 Å². The van der Waals surface area contributed by atoms with E-state index in [9.17, 15) is 18.0 Å². The van der Waals surface area contributed by atoms with Crippen molar-refractivity contribution in [1.82, 2.24) is 10.0 Å². The van der Waals surface area contributed by atoms with Gasteiger partial charge in [0.15, 0.2) is 5.78 Å². The Bertz CT molecular complexity index is 815. The average molecular weight is 346 g/mol. The number of carbonyl (C=O) groups excluding carboxylic acids is 2. The Hall–Kier alpha value is -2.51. The van der Waals surface area contributed by atoms with Crippen molar-refractivity contribution in [3.8, 4) is 0 Å². The van der Waals surface area contributed by atoms with Gasteiger partial charge in [0.1, 0.15) is 0 Å².